The number of hydrogen-bond acceptors (Lipinski definition) is 4. The maximum Gasteiger partial charge on any atom is 0.252 e. The third kappa shape index (κ3) is 4.09. The first-order chi connectivity index (χ1) is 14.4. The zero-order valence-electron chi connectivity index (χ0n) is 16.9. The van der Waals surface area contributed by atoms with Gasteiger partial charge in [-0.3, -0.25) is 14.6 Å². The lowest BCUT2D eigenvalue weighted by molar-refractivity contribution is -0.117. The molecule has 1 fully saturated rings. The Bertz CT molecular complexity index is 1160. The monoisotopic (exact) mass is 422 g/mol. The summed E-state index contributed by atoms with van der Waals surface area (Å²) in [4.78, 5) is 34.0. The summed E-state index contributed by atoms with van der Waals surface area (Å²) in [6.07, 6.45) is 0.327. The minimum Gasteiger partial charge on any atom is -0.352 e. The van der Waals surface area contributed by atoms with Crippen molar-refractivity contribution in [2.45, 2.75) is 32.7 Å². The van der Waals surface area contributed by atoms with Crippen molar-refractivity contribution in [2.75, 3.05) is 16.8 Å². The van der Waals surface area contributed by atoms with Crippen molar-refractivity contribution >= 4 is 29.1 Å². The van der Waals surface area contributed by atoms with Gasteiger partial charge in [0, 0.05) is 42.2 Å². The van der Waals surface area contributed by atoms with E-state index < -0.39 is 0 Å². The van der Waals surface area contributed by atoms with E-state index in [2.05, 4.69) is 15.3 Å². The molecule has 0 aliphatic carbocycles. The van der Waals surface area contributed by atoms with E-state index in [1.807, 2.05) is 56.3 Å². The number of amides is 1. The van der Waals surface area contributed by atoms with Gasteiger partial charge in [0.1, 0.15) is 0 Å². The zero-order chi connectivity index (χ0) is 21.3. The van der Waals surface area contributed by atoms with Gasteiger partial charge in [0.25, 0.3) is 5.56 Å². The first kappa shape index (κ1) is 20.2. The Morgan fingerprint density at radius 2 is 1.97 bits per heavy atom. The van der Waals surface area contributed by atoms with Crippen molar-refractivity contribution in [3.05, 3.63) is 86.3 Å². The predicted octanol–water partition coefficient (Wildman–Crippen LogP) is 4.17. The number of rotatable bonds is 5. The largest absolute Gasteiger partial charge is 0.352 e. The molecule has 30 heavy (non-hydrogen) atoms. The summed E-state index contributed by atoms with van der Waals surface area (Å²) >= 11 is 6.20. The van der Waals surface area contributed by atoms with Gasteiger partial charge in [-0.1, -0.05) is 41.9 Å². The van der Waals surface area contributed by atoms with Gasteiger partial charge in [-0.05, 0) is 42.7 Å². The van der Waals surface area contributed by atoms with E-state index in [4.69, 9.17) is 11.6 Å². The molecule has 0 unspecified atom stereocenters. The van der Waals surface area contributed by atoms with Crippen LogP contribution in [0.5, 0.6) is 0 Å². The molecule has 3 aromatic rings. The summed E-state index contributed by atoms with van der Waals surface area (Å²) < 4.78 is 0. The summed E-state index contributed by atoms with van der Waals surface area (Å²) in [7, 11) is 0. The number of hydrogen-bond donors (Lipinski definition) is 2. The van der Waals surface area contributed by atoms with E-state index in [1.54, 1.807) is 4.90 Å². The number of aromatic amines is 1. The Labute approximate surface area is 179 Å². The molecule has 1 amide bonds. The van der Waals surface area contributed by atoms with E-state index in [9.17, 15) is 9.59 Å². The number of nitrogens with one attached hydrogen (secondary N) is 2. The van der Waals surface area contributed by atoms with Crippen LogP contribution >= 0.6 is 11.6 Å². The Hall–Kier alpha value is -3.12. The lowest BCUT2D eigenvalue weighted by Gasteiger charge is -2.20. The predicted molar refractivity (Wildman–Crippen MR) is 119 cm³/mol. The summed E-state index contributed by atoms with van der Waals surface area (Å²) in [5.41, 5.74) is 4.42. The standard InChI is InChI=1S/C23H23ClN4O2/c1-14-6-5-9-20(15(14)2)28-13-17(10-22(28)30)19-11-21(29)27-23(26-19)25-12-16-7-3-4-8-18(16)24/h3-9,11,17H,10,12-13H2,1-2H3,(H2,25,26,27,29)/t17-/m1/s1. The number of nitrogens with zero attached hydrogens (tertiary/aromatic N) is 2. The molecule has 7 heteroatoms. The van der Waals surface area contributed by atoms with Gasteiger partial charge in [-0.2, -0.15) is 0 Å². The third-order valence-electron chi connectivity index (χ3n) is 5.58. The fraction of sp³-hybridized carbons (Fsp3) is 0.261. The van der Waals surface area contributed by atoms with Crippen molar-refractivity contribution in [2.24, 2.45) is 0 Å². The van der Waals surface area contributed by atoms with Gasteiger partial charge in [-0.15, -0.1) is 0 Å². The van der Waals surface area contributed by atoms with Crippen LogP contribution in [0, 0.1) is 13.8 Å². The number of H-pyrrole nitrogens is 1. The second kappa shape index (κ2) is 8.32. The molecule has 2 aromatic carbocycles. The summed E-state index contributed by atoms with van der Waals surface area (Å²) in [5.74, 6) is 0.275. The van der Waals surface area contributed by atoms with Crippen molar-refractivity contribution in [1.29, 1.82) is 0 Å². The van der Waals surface area contributed by atoms with E-state index in [0.717, 1.165) is 22.4 Å². The molecule has 2 N–H and O–H groups in total. The van der Waals surface area contributed by atoms with Gasteiger partial charge in [-0.25, -0.2) is 4.98 Å². The second-order valence-corrected chi connectivity index (χ2v) is 8.00. The molecule has 0 bridgehead atoms. The molecule has 1 saturated heterocycles. The van der Waals surface area contributed by atoms with Crippen LogP contribution in [0.3, 0.4) is 0 Å². The van der Waals surface area contributed by atoms with Crippen LogP contribution in [0.25, 0.3) is 0 Å². The molecule has 2 heterocycles. The minimum atomic E-state index is -0.251. The first-order valence-corrected chi connectivity index (χ1v) is 10.3. The smallest absolute Gasteiger partial charge is 0.252 e. The quantitative estimate of drug-likeness (QED) is 0.646. The number of anilines is 2. The highest BCUT2D eigenvalue weighted by atomic mass is 35.5. The number of carbonyl (C=O) groups is 1. The van der Waals surface area contributed by atoms with Gasteiger partial charge in [0.15, 0.2) is 0 Å². The van der Waals surface area contributed by atoms with Crippen molar-refractivity contribution in [3.63, 3.8) is 0 Å². The van der Waals surface area contributed by atoms with Gasteiger partial charge in [0.05, 0.1) is 5.69 Å². The number of benzene rings is 2. The first-order valence-electron chi connectivity index (χ1n) is 9.87. The summed E-state index contributed by atoms with van der Waals surface area (Å²) in [6.45, 7) is 4.99. The van der Waals surface area contributed by atoms with Crippen LogP contribution in [0.15, 0.2) is 53.3 Å². The van der Waals surface area contributed by atoms with Crippen LogP contribution in [0.2, 0.25) is 5.02 Å². The summed E-state index contributed by atoms with van der Waals surface area (Å²) in [5, 5.41) is 3.77. The highest BCUT2D eigenvalue weighted by Crippen LogP contribution is 2.33. The number of aromatic nitrogens is 2. The highest BCUT2D eigenvalue weighted by molar-refractivity contribution is 6.31. The second-order valence-electron chi connectivity index (χ2n) is 7.59. The van der Waals surface area contributed by atoms with Gasteiger partial charge >= 0.3 is 0 Å². The Morgan fingerprint density at radius 1 is 1.17 bits per heavy atom. The van der Waals surface area contributed by atoms with E-state index in [1.165, 1.54) is 6.07 Å². The molecule has 4 rings (SSSR count). The molecule has 1 atom stereocenters. The molecular weight excluding hydrogens is 400 g/mol. The third-order valence-corrected chi connectivity index (χ3v) is 5.94. The molecular formula is C23H23ClN4O2. The van der Waals surface area contributed by atoms with E-state index in [-0.39, 0.29) is 17.4 Å². The van der Waals surface area contributed by atoms with Gasteiger partial charge < -0.3 is 10.2 Å². The van der Waals surface area contributed by atoms with Crippen molar-refractivity contribution in [3.8, 4) is 0 Å². The molecule has 0 saturated carbocycles. The highest BCUT2D eigenvalue weighted by Gasteiger charge is 2.33. The van der Waals surface area contributed by atoms with Crippen LogP contribution in [0.4, 0.5) is 11.6 Å². The van der Waals surface area contributed by atoms with Crippen molar-refractivity contribution in [1.82, 2.24) is 9.97 Å². The minimum absolute atomic E-state index is 0.0429. The van der Waals surface area contributed by atoms with Crippen LogP contribution in [-0.4, -0.2) is 22.4 Å². The molecule has 0 radical (unpaired) electrons. The molecule has 1 aliphatic rings. The molecule has 1 aliphatic heterocycles. The van der Waals surface area contributed by atoms with Crippen LogP contribution in [0.1, 0.15) is 34.7 Å². The Kier molecular flexibility index (Phi) is 5.59. The zero-order valence-corrected chi connectivity index (χ0v) is 17.7. The lowest BCUT2D eigenvalue weighted by Crippen LogP contribution is -2.25. The number of aryl methyl sites for hydroxylation is 1. The topological polar surface area (TPSA) is 78.1 Å². The molecule has 0 spiro atoms. The molecule has 154 valence electrons. The summed E-state index contributed by atoms with van der Waals surface area (Å²) in [6, 6.07) is 14.9. The van der Waals surface area contributed by atoms with E-state index >= 15 is 0 Å². The maximum atomic E-state index is 12.7. The van der Waals surface area contributed by atoms with Crippen molar-refractivity contribution < 1.29 is 4.79 Å². The Balaban J connectivity index is 1.54. The lowest BCUT2D eigenvalue weighted by atomic mass is 10.0. The number of halogens is 1. The Morgan fingerprint density at radius 3 is 2.77 bits per heavy atom. The number of carbonyl (C=O) groups excluding carboxylic acids is 1. The molecule has 6 nitrogen and oxygen atoms in total. The maximum absolute atomic E-state index is 12.7. The average Bonchev–Trinajstić information content (AvgIpc) is 3.11. The van der Waals surface area contributed by atoms with E-state index in [0.29, 0.717) is 36.2 Å². The fourth-order valence-corrected chi connectivity index (χ4v) is 3.96. The molecule has 1 aromatic heterocycles. The van der Waals surface area contributed by atoms with Gasteiger partial charge in [0.2, 0.25) is 11.9 Å². The fourth-order valence-electron chi connectivity index (χ4n) is 3.76. The normalized spacial score (nSPS) is 16.2. The SMILES string of the molecule is Cc1cccc(N2C[C@H](c3cc(=O)[nH]c(NCc4ccccc4Cl)n3)CC2=O)c1C. The van der Waals surface area contributed by atoms with Crippen LogP contribution in [-0.2, 0) is 11.3 Å². The average molecular weight is 423 g/mol. The van der Waals surface area contributed by atoms with Crippen LogP contribution < -0.4 is 15.8 Å².